The molecule has 0 fully saturated rings. The van der Waals surface area contributed by atoms with E-state index in [0.29, 0.717) is 5.56 Å². The molecule has 0 spiro atoms. The minimum atomic E-state index is -3.71. The highest BCUT2D eigenvalue weighted by Gasteiger charge is 2.15. The third-order valence-corrected chi connectivity index (χ3v) is 5.15. The van der Waals surface area contributed by atoms with Gasteiger partial charge in [0.15, 0.2) is 0 Å². The van der Waals surface area contributed by atoms with Gasteiger partial charge in [0.05, 0.1) is 17.0 Å². The number of hydrogen-bond acceptors (Lipinski definition) is 4. The molecule has 0 radical (unpaired) electrons. The number of carbonyl (C=O) groups is 1. The normalized spacial score (nSPS) is 12.2. The molecule has 1 amide bonds. The van der Waals surface area contributed by atoms with E-state index in [2.05, 4.69) is 10.0 Å². The van der Waals surface area contributed by atoms with Crippen molar-refractivity contribution in [3.05, 3.63) is 65.5 Å². The van der Waals surface area contributed by atoms with E-state index in [1.165, 1.54) is 36.4 Å². The van der Waals surface area contributed by atoms with Crippen LogP contribution in [-0.2, 0) is 10.0 Å². The third-order valence-electron chi connectivity index (χ3n) is 3.67. The van der Waals surface area contributed by atoms with E-state index in [4.69, 9.17) is 5.26 Å². The summed E-state index contributed by atoms with van der Waals surface area (Å²) in [5, 5.41) is 11.2. The molecule has 2 aromatic rings. The van der Waals surface area contributed by atoms with Gasteiger partial charge in [0.1, 0.15) is 5.82 Å². The molecule has 0 aliphatic heterocycles. The summed E-state index contributed by atoms with van der Waals surface area (Å²) in [6.07, 6.45) is 0.0704. The maximum absolute atomic E-state index is 13.0. The molecule has 2 N–H and O–H groups in total. The molecule has 0 aromatic heterocycles. The quantitative estimate of drug-likeness (QED) is 0.726. The van der Waals surface area contributed by atoms with Crippen LogP contribution in [0.4, 0.5) is 4.39 Å². The van der Waals surface area contributed by atoms with Crippen molar-refractivity contribution < 1.29 is 17.6 Å². The topological polar surface area (TPSA) is 99.1 Å². The van der Waals surface area contributed by atoms with Crippen LogP contribution in [0.5, 0.6) is 0 Å². The number of nitrogens with zero attached hydrogens (tertiary/aromatic N) is 1. The Kier molecular flexibility index (Phi) is 6.44. The minimum absolute atomic E-state index is 0.0126. The fourth-order valence-corrected chi connectivity index (χ4v) is 3.26. The van der Waals surface area contributed by atoms with E-state index >= 15 is 0 Å². The highest BCUT2D eigenvalue weighted by molar-refractivity contribution is 7.89. The molecule has 0 unspecified atom stereocenters. The third kappa shape index (κ3) is 5.12. The van der Waals surface area contributed by atoms with Crippen LogP contribution in [0.3, 0.4) is 0 Å². The van der Waals surface area contributed by atoms with Gasteiger partial charge in [-0.05, 0) is 48.9 Å². The first-order chi connectivity index (χ1) is 12.3. The molecular formula is C18H18FN3O3S. The van der Waals surface area contributed by atoms with Crippen molar-refractivity contribution in [2.24, 2.45) is 0 Å². The van der Waals surface area contributed by atoms with Gasteiger partial charge in [-0.25, -0.2) is 17.5 Å². The molecule has 2 aromatic carbocycles. The minimum Gasteiger partial charge on any atom is -0.346 e. The van der Waals surface area contributed by atoms with E-state index in [1.54, 1.807) is 19.1 Å². The highest BCUT2D eigenvalue weighted by Crippen LogP contribution is 2.15. The van der Waals surface area contributed by atoms with E-state index in [-0.39, 0.29) is 35.6 Å². The molecule has 6 nitrogen and oxygen atoms in total. The van der Waals surface area contributed by atoms with Crippen molar-refractivity contribution in [1.29, 1.82) is 5.26 Å². The molecule has 0 aliphatic rings. The SMILES string of the molecule is C[C@H](NC(=O)c1ccc(S(=O)(=O)NCCC#N)cc1)c1ccc(F)cc1. The summed E-state index contributed by atoms with van der Waals surface area (Å²) in [6, 6.07) is 12.8. The number of carbonyl (C=O) groups excluding carboxylic acids is 1. The Morgan fingerprint density at radius 3 is 2.35 bits per heavy atom. The van der Waals surface area contributed by atoms with Gasteiger partial charge >= 0.3 is 0 Å². The second-order valence-electron chi connectivity index (χ2n) is 5.58. The van der Waals surface area contributed by atoms with Crippen LogP contribution in [0, 0.1) is 17.1 Å². The number of sulfonamides is 1. The summed E-state index contributed by atoms with van der Waals surface area (Å²) < 4.78 is 39.3. The van der Waals surface area contributed by atoms with Gasteiger partial charge in [0.2, 0.25) is 10.0 Å². The number of rotatable bonds is 7. The number of nitriles is 1. The van der Waals surface area contributed by atoms with Crippen molar-refractivity contribution in [1.82, 2.24) is 10.0 Å². The summed E-state index contributed by atoms with van der Waals surface area (Å²) in [7, 11) is -3.71. The Morgan fingerprint density at radius 1 is 1.15 bits per heavy atom. The maximum Gasteiger partial charge on any atom is 0.251 e. The largest absolute Gasteiger partial charge is 0.346 e. The van der Waals surface area contributed by atoms with Crippen molar-refractivity contribution in [3.8, 4) is 6.07 Å². The van der Waals surface area contributed by atoms with Gasteiger partial charge in [-0.3, -0.25) is 4.79 Å². The highest BCUT2D eigenvalue weighted by atomic mass is 32.2. The molecule has 0 bridgehead atoms. The average molecular weight is 375 g/mol. The zero-order valence-corrected chi connectivity index (χ0v) is 14.9. The lowest BCUT2D eigenvalue weighted by atomic mass is 10.1. The molecule has 0 heterocycles. The Bertz CT molecular complexity index is 904. The lowest BCUT2D eigenvalue weighted by molar-refractivity contribution is 0.0940. The first-order valence-electron chi connectivity index (χ1n) is 7.86. The fraction of sp³-hybridized carbons (Fsp3) is 0.222. The summed E-state index contributed by atoms with van der Waals surface area (Å²) in [4.78, 5) is 12.3. The molecule has 2 rings (SSSR count). The Morgan fingerprint density at radius 2 is 1.77 bits per heavy atom. The number of hydrogen-bond donors (Lipinski definition) is 2. The van der Waals surface area contributed by atoms with E-state index in [9.17, 15) is 17.6 Å². The van der Waals surface area contributed by atoms with Crippen LogP contribution in [0.25, 0.3) is 0 Å². The predicted molar refractivity (Wildman–Crippen MR) is 94.1 cm³/mol. The Balaban J connectivity index is 2.04. The van der Waals surface area contributed by atoms with Gasteiger partial charge in [-0.1, -0.05) is 12.1 Å². The van der Waals surface area contributed by atoms with Gasteiger partial charge in [0, 0.05) is 18.5 Å². The molecular weight excluding hydrogens is 357 g/mol. The zero-order chi connectivity index (χ0) is 19.2. The second kappa shape index (κ2) is 8.56. The second-order valence-corrected chi connectivity index (χ2v) is 7.34. The smallest absolute Gasteiger partial charge is 0.251 e. The first kappa shape index (κ1) is 19.6. The maximum atomic E-state index is 13.0. The van der Waals surface area contributed by atoms with Crippen LogP contribution in [0.2, 0.25) is 0 Å². The molecule has 136 valence electrons. The molecule has 26 heavy (non-hydrogen) atoms. The Hall–Kier alpha value is -2.76. The summed E-state index contributed by atoms with van der Waals surface area (Å²) in [5.74, 6) is -0.726. The standard InChI is InChI=1S/C18H18FN3O3S/c1-13(14-3-7-16(19)8-4-14)22-18(23)15-5-9-17(10-6-15)26(24,25)21-12-2-11-20/h3-10,13,21H,2,12H2,1H3,(H,22,23)/t13-/m0/s1. The lowest BCUT2D eigenvalue weighted by Crippen LogP contribution is -2.27. The number of benzene rings is 2. The molecule has 0 saturated heterocycles. The van der Waals surface area contributed by atoms with Crippen molar-refractivity contribution in [3.63, 3.8) is 0 Å². The fourth-order valence-electron chi connectivity index (χ4n) is 2.22. The van der Waals surface area contributed by atoms with Crippen LogP contribution in [0.1, 0.15) is 35.3 Å². The summed E-state index contributed by atoms with van der Waals surface area (Å²) in [5.41, 5.74) is 1.05. The van der Waals surface area contributed by atoms with Crippen LogP contribution >= 0.6 is 0 Å². The van der Waals surface area contributed by atoms with Crippen molar-refractivity contribution >= 4 is 15.9 Å². The van der Waals surface area contributed by atoms with Crippen LogP contribution < -0.4 is 10.0 Å². The van der Waals surface area contributed by atoms with Gasteiger partial charge < -0.3 is 5.32 Å². The number of halogens is 1. The number of amides is 1. The summed E-state index contributed by atoms with van der Waals surface area (Å²) >= 11 is 0. The monoisotopic (exact) mass is 375 g/mol. The van der Waals surface area contributed by atoms with Gasteiger partial charge in [-0.15, -0.1) is 0 Å². The lowest BCUT2D eigenvalue weighted by Gasteiger charge is -2.14. The van der Waals surface area contributed by atoms with E-state index in [0.717, 1.165) is 5.56 Å². The summed E-state index contributed by atoms with van der Waals surface area (Å²) in [6.45, 7) is 1.79. The van der Waals surface area contributed by atoms with E-state index in [1.807, 2.05) is 6.07 Å². The van der Waals surface area contributed by atoms with Gasteiger partial charge in [0.25, 0.3) is 5.91 Å². The van der Waals surface area contributed by atoms with Crippen molar-refractivity contribution in [2.45, 2.75) is 24.3 Å². The number of nitrogens with one attached hydrogen (secondary N) is 2. The zero-order valence-electron chi connectivity index (χ0n) is 14.1. The van der Waals surface area contributed by atoms with Crippen molar-refractivity contribution in [2.75, 3.05) is 6.54 Å². The molecule has 8 heteroatoms. The molecule has 0 aliphatic carbocycles. The van der Waals surface area contributed by atoms with E-state index < -0.39 is 10.0 Å². The molecule has 1 atom stereocenters. The van der Waals surface area contributed by atoms with Crippen LogP contribution in [0.15, 0.2) is 53.4 Å². The average Bonchev–Trinajstić information content (AvgIpc) is 2.62. The predicted octanol–water partition coefficient (Wildman–Crippen LogP) is 2.51. The molecule has 0 saturated carbocycles. The van der Waals surface area contributed by atoms with Crippen LogP contribution in [-0.4, -0.2) is 20.9 Å². The van der Waals surface area contributed by atoms with Gasteiger partial charge in [-0.2, -0.15) is 5.26 Å². The Labute approximate surface area is 151 Å². The first-order valence-corrected chi connectivity index (χ1v) is 9.35.